The predicted molar refractivity (Wildman–Crippen MR) is 181 cm³/mol. The number of hydrogen-bond donors (Lipinski definition) is 2. The summed E-state index contributed by atoms with van der Waals surface area (Å²) in [6, 6.07) is 6.80. The van der Waals surface area contributed by atoms with Gasteiger partial charge in [0.15, 0.2) is 0 Å². The first-order valence-electron chi connectivity index (χ1n) is 16.8. The molecule has 1 aromatic rings. The molecule has 0 aromatic heterocycles. The topological polar surface area (TPSA) is 162 Å². The van der Waals surface area contributed by atoms with Gasteiger partial charge < -0.3 is 43.7 Å². The standard InChI is InChI=1S/C35H57N3O11/c1-25(37(8)33(43)49-35(5,6)7)30(39)36-29(34(2,3)4)31(40)38-23-27(22-28(38)32(41)42)48-21-20-46-17-16-44-14-15-45-18-19-47-24-26-12-10-9-11-13-26/h9-13,25,27-29H,14-24H2,1-8H3,(H,36,39)(H,41,42). The number of likely N-dealkylation sites (N-methyl/N-ethyl adjacent to an activating group) is 1. The van der Waals surface area contributed by atoms with Crippen LogP contribution < -0.4 is 5.32 Å². The lowest BCUT2D eigenvalue weighted by atomic mass is 9.85. The fourth-order valence-corrected chi connectivity index (χ4v) is 4.84. The highest BCUT2D eigenvalue weighted by molar-refractivity contribution is 5.93. The predicted octanol–water partition coefficient (Wildman–Crippen LogP) is 3.11. The van der Waals surface area contributed by atoms with Crippen molar-refractivity contribution in [1.82, 2.24) is 15.1 Å². The summed E-state index contributed by atoms with van der Waals surface area (Å²) >= 11 is 0. The van der Waals surface area contributed by atoms with E-state index in [0.717, 1.165) is 10.5 Å². The minimum atomic E-state index is -1.16. The molecule has 2 rings (SSSR count). The summed E-state index contributed by atoms with van der Waals surface area (Å²) in [6.07, 6.45) is -1.10. The van der Waals surface area contributed by atoms with Gasteiger partial charge in [-0.1, -0.05) is 51.1 Å². The van der Waals surface area contributed by atoms with Gasteiger partial charge in [0.05, 0.1) is 65.6 Å². The van der Waals surface area contributed by atoms with Crippen LogP contribution in [-0.2, 0) is 49.4 Å². The second-order valence-corrected chi connectivity index (χ2v) is 14.0. The molecule has 0 bridgehead atoms. The third-order valence-electron chi connectivity index (χ3n) is 7.68. The molecule has 0 aliphatic carbocycles. The quantitative estimate of drug-likeness (QED) is 0.193. The van der Waals surface area contributed by atoms with Gasteiger partial charge in [-0.25, -0.2) is 9.59 Å². The fourth-order valence-electron chi connectivity index (χ4n) is 4.84. The zero-order chi connectivity index (χ0) is 36.6. The highest BCUT2D eigenvalue weighted by Crippen LogP contribution is 2.27. The van der Waals surface area contributed by atoms with E-state index >= 15 is 0 Å². The van der Waals surface area contributed by atoms with E-state index in [1.54, 1.807) is 41.5 Å². The number of ether oxygens (including phenoxy) is 6. The summed E-state index contributed by atoms with van der Waals surface area (Å²) in [7, 11) is 1.44. The fraction of sp³-hybridized carbons (Fsp3) is 0.714. The lowest BCUT2D eigenvalue weighted by Gasteiger charge is -2.36. The van der Waals surface area contributed by atoms with Crippen molar-refractivity contribution in [2.45, 2.75) is 91.3 Å². The second-order valence-electron chi connectivity index (χ2n) is 14.0. The summed E-state index contributed by atoms with van der Waals surface area (Å²) in [4.78, 5) is 54.0. The lowest BCUT2D eigenvalue weighted by Crippen LogP contribution is -2.59. The minimum absolute atomic E-state index is 0.0476. The molecule has 278 valence electrons. The van der Waals surface area contributed by atoms with Gasteiger partial charge in [-0.2, -0.15) is 0 Å². The summed E-state index contributed by atoms with van der Waals surface area (Å²) in [5, 5.41) is 12.7. The molecule has 1 heterocycles. The van der Waals surface area contributed by atoms with Crippen LogP contribution in [0.25, 0.3) is 0 Å². The maximum absolute atomic E-state index is 13.8. The first kappa shape index (κ1) is 41.9. The Morgan fingerprint density at radius 2 is 1.41 bits per heavy atom. The molecule has 4 unspecified atom stereocenters. The Morgan fingerprint density at radius 1 is 0.878 bits per heavy atom. The summed E-state index contributed by atoms with van der Waals surface area (Å²) < 4.78 is 33.4. The van der Waals surface area contributed by atoms with Gasteiger partial charge in [-0.15, -0.1) is 0 Å². The van der Waals surface area contributed by atoms with Gasteiger partial charge in [-0.05, 0) is 38.7 Å². The first-order valence-corrected chi connectivity index (χ1v) is 16.8. The van der Waals surface area contributed by atoms with Gasteiger partial charge in [-0.3, -0.25) is 14.5 Å². The maximum Gasteiger partial charge on any atom is 0.410 e. The molecule has 1 saturated heterocycles. The third-order valence-corrected chi connectivity index (χ3v) is 7.68. The van der Waals surface area contributed by atoms with Gasteiger partial charge in [0.2, 0.25) is 11.8 Å². The number of carboxylic acid groups (broad SMARTS) is 1. The van der Waals surface area contributed by atoms with E-state index in [-0.39, 0.29) is 26.2 Å². The molecule has 0 saturated carbocycles. The average molecular weight is 696 g/mol. The van der Waals surface area contributed by atoms with Crippen LogP contribution in [0.1, 0.15) is 60.5 Å². The summed E-state index contributed by atoms with van der Waals surface area (Å²) in [5.74, 6) is -2.27. The number of aliphatic carboxylic acids is 1. The van der Waals surface area contributed by atoms with E-state index in [1.807, 2.05) is 30.3 Å². The van der Waals surface area contributed by atoms with E-state index in [4.69, 9.17) is 28.4 Å². The van der Waals surface area contributed by atoms with E-state index in [2.05, 4.69) is 5.32 Å². The van der Waals surface area contributed by atoms with Crippen LogP contribution in [0.4, 0.5) is 4.79 Å². The molecule has 4 atom stereocenters. The molecular formula is C35H57N3O11. The molecule has 14 nitrogen and oxygen atoms in total. The van der Waals surface area contributed by atoms with Crippen molar-refractivity contribution in [3.63, 3.8) is 0 Å². The number of nitrogens with one attached hydrogen (secondary N) is 1. The number of amides is 3. The molecule has 0 radical (unpaired) electrons. The molecule has 1 aliphatic heterocycles. The molecule has 3 amide bonds. The molecule has 2 N–H and O–H groups in total. The van der Waals surface area contributed by atoms with Crippen molar-refractivity contribution in [3.05, 3.63) is 35.9 Å². The molecule has 49 heavy (non-hydrogen) atoms. The number of carboxylic acids is 1. The van der Waals surface area contributed by atoms with Crippen LogP contribution in [0.3, 0.4) is 0 Å². The van der Waals surface area contributed by atoms with Crippen LogP contribution >= 0.6 is 0 Å². The largest absolute Gasteiger partial charge is 0.480 e. The number of carbonyl (C=O) groups excluding carboxylic acids is 3. The number of likely N-dealkylation sites (tertiary alicyclic amines) is 1. The molecular weight excluding hydrogens is 638 g/mol. The van der Waals surface area contributed by atoms with Crippen LogP contribution in [0, 0.1) is 5.41 Å². The highest BCUT2D eigenvalue weighted by Gasteiger charge is 2.45. The normalized spacial score (nSPS) is 17.8. The first-order chi connectivity index (χ1) is 23.0. The molecule has 0 spiro atoms. The number of hydrogen-bond acceptors (Lipinski definition) is 10. The van der Waals surface area contributed by atoms with Gasteiger partial charge in [0, 0.05) is 20.0 Å². The van der Waals surface area contributed by atoms with E-state index in [1.165, 1.54) is 18.9 Å². The van der Waals surface area contributed by atoms with E-state index in [0.29, 0.717) is 46.2 Å². The minimum Gasteiger partial charge on any atom is -0.480 e. The Kier molecular flexibility index (Phi) is 17.4. The molecule has 1 aliphatic rings. The van der Waals surface area contributed by atoms with Crippen molar-refractivity contribution in [3.8, 4) is 0 Å². The monoisotopic (exact) mass is 695 g/mol. The zero-order valence-electron chi connectivity index (χ0n) is 30.4. The number of benzene rings is 1. The number of nitrogens with zero attached hydrogens (tertiary/aromatic N) is 2. The number of carbonyl (C=O) groups is 4. The molecule has 1 aromatic carbocycles. The lowest BCUT2D eigenvalue weighted by molar-refractivity contribution is -0.151. The second kappa shape index (κ2) is 20.4. The zero-order valence-corrected chi connectivity index (χ0v) is 30.4. The van der Waals surface area contributed by atoms with Crippen LogP contribution in [0.2, 0.25) is 0 Å². The van der Waals surface area contributed by atoms with Crippen molar-refractivity contribution in [2.24, 2.45) is 5.41 Å². The Hall–Kier alpha value is -3.30. The average Bonchev–Trinajstić information content (AvgIpc) is 3.46. The van der Waals surface area contributed by atoms with Gasteiger partial charge in [0.1, 0.15) is 23.7 Å². The SMILES string of the molecule is CC(C(=O)NC(C(=O)N1CC(OCCOCCOCCOCCOCc2ccccc2)CC1C(=O)O)C(C)(C)C)N(C)C(=O)OC(C)(C)C. The smallest absolute Gasteiger partial charge is 0.410 e. The Morgan fingerprint density at radius 3 is 1.92 bits per heavy atom. The summed E-state index contributed by atoms with van der Waals surface area (Å²) in [6.45, 7) is 15.7. The van der Waals surface area contributed by atoms with Crippen molar-refractivity contribution in [2.75, 3.05) is 66.4 Å². The molecule has 1 fully saturated rings. The maximum atomic E-state index is 13.8. The van der Waals surface area contributed by atoms with Gasteiger partial charge >= 0.3 is 12.1 Å². The Labute approximate surface area is 290 Å². The van der Waals surface area contributed by atoms with E-state index < -0.39 is 59.1 Å². The van der Waals surface area contributed by atoms with Crippen LogP contribution in [0.15, 0.2) is 30.3 Å². The molecule has 14 heteroatoms. The van der Waals surface area contributed by atoms with Crippen LogP contribution in [-0.4, -0.2) is 135 Å². The van der Waals surface area contributed by atoms with E-state index in [9.17, 15) is 24.3 Å². The third kappa shape index (κ3) is 15.4. The summed E-state index contributed by atoms with van der Waals surface area (Å²) in [5.41, 5.74) is -0.397. The van der Waals surface area contributed by atoms with Crippen molar-refractivity contribution < 1.29 is 52.7 Å². The highest BCUT2D eigenvalue weighted by atomic mass is 16.6. The van der Waals surface area contributed by atoms with Crippen molar-refractivity contribution >= 4 is 23.9 Å². The van der Waals surface area contributed by atoms with Crippen molar-refractivity contribution in [1.29, 1.82) is 0 Å². The van der Waals surface area contributed by atoms with Crippen LogP contribution in [0.5, 0.6) is 0 Å². The Balaban J connectivity index is 1.72. The number of rotatable bonds is 20. The van der Waals surface area contributed by atoms with Gasteiger partial charge in [0.25, 0.3) is 0 Å². The Bertz CT molecular complexity index is 1170.